The van der Waals surface area contributed by atoms with E-state index < -0.39 is 23.0 Å². The number of hydrogen-bond donors (Lipinski definition) is 1. The van der Waals surface area contributed by atoms with Crippen molar-refractivity contribution in [2.75, 3.05) is 5.32 Å². The largest absolute Gasteiger partial charge is 0.336 e. The first-order chi connectivity index (χ1) is 14.4. The molecule has 6 nitrogen and oxygen atoms in total. The van der Waals surface area contributed by atoms with Gasteiger partial charge in [0.25, 0.3) is 5.56 Å². The standard InChI is InChI=1S/C21H15ClFN3O3S/c1-12-4-2-3-5-16(12)26-20(28)19-17(8-9-30-19)25(21(26)29)11-18(27)24-13-6-7-15(23)14(22)10-13/h2-10H,11H2,1H3,(H,24,27). The Hall–Kier alpha value is -3.23. The lowest BCUT2D eigenvalue weighted by molar-refractivity contribution is -0.116. The Balaban J connectivity index is 1.79. The van der Waals surface area contributed by atoms with Crippen molar-refractivity contribution < 1.29 is 9.18 Å². The molecule has 0 radical (unpaired) electrons. The fourth-order valence-corrected chi connectivity index (χ4v) is 4.19. The van der Waals surface area contributed by atoms with Gasteiger partial charge < -0.3 is 5.32 Å². The minimum Gasteiger partial charge on any atom is -0.324 e. The Bertz CT molecular complexity index is 1410. The quantitative estimate of drug-likeness (QED) is 0.519. The number of amides is 1. The van der Waals surface area contributed by atoms with Gasteiger partial charge in [0, 0.05) is 5.69 Å². The van der Waals surface area contributed by atoms with Gasteiger partial charge in [-0.15, -0.1) is 11.3 Å². The molecule has 2 aromatic carbocycles. The molecule has 0 saturated carbocycles. The number of hydrogen-bond acceptors (Lipinski definition) is 4. The molecule has 0 atom stereocenters. The lowest BCUT2D eigenvalue weighted by atomic mass is 10.2. The number of aryl methyl sites for hydroxylation is 1. The van der Waals surface area contributed by atoms with Crippen LogP contribution in [-0.4, -0.2) is 15.0 Å². The Morgan fingerprint density at radius 2 is 1.93 bits per heavy atom. The number of aromatic nitrogens is 2. The highest BCUT2D eigenvalue weighted by Crippen LogP contribution is 2.20. The number of rotatable bonds is 4. The molecule has 0 fully saturated rings. The summed E-state index contributed by atoms with van der Waals surface area (Å²) < 4.78 is 16.0. The van der Waals surface area contributed by atoms with Gasteiger partial charge in [0.1, 0.15) is 17.1 Å². The van der Waals surface area contributed by atoms with Gasteiger partial charge >= 0.3 is 5.69 Å². The molecule has 0 aliphatic carbocycles. The van der Waals surface area contributed by atoms with Crippen LogP contribution < -0.4 is 16.6 Å². The molecule has 2 heterocycles. The topological polar surface area (TPSA) is 73.1 Å². The van der Waals surface area contributed by atoms with E-state index in [4.69, 9.17) is 11.6 Å². The summed E-state index contributed by atoms with van der Waals surface area (Å²) in [6.45, 7) is 1.47. The van der Waals surface area contributed by atoms with Crippen LogP contribution in [0, 0.1) is 12.7 Å². The summed E-state index contributed by atoms with van der Waals surface area (Å²) in [6.07, 6.45) is 0. The Morgan fingerprint density at radius 1 is 1.17 bits per heavy atom. The minimum absolute atomic E-state index is 0.127. The molecular formula is C21H15ClFN3O3S. The fourth-order valence-electron chi connectivity index (χ4n) is 3.18. The average Bonchev–Trinajstić information content (AvgIpc) is 3.20. The maximum atomic E-state index is 13.3. The zero-order chi connectivity index (χ0) is 21.4. The molecule has 9 heteroatoms. The van der Waals surface area contributed by atoms with Crippen molar-refractivity contribution >= 4 is 44.7 Å². The zero-order valence-corrected chi connectivity index (χ0v) is 17.3. The number of carbonyl (C=O) groups is 1. The first kappa shape index (κ1) is 20.1. The molecule has 152 valence electrons. The molecule has 0 spiro atoms. The van der Waals surface area contributed by atoms with Crippen LogP contribution in [0.3, 0.4) is 0 Å². The molecule has 0 aliphatic heterocycles. The number of thiophene rings is 1. The molecule has 0 aliphatic rings. The summed E-state index contributed by atoms with van der Waals surface area (Å²) in [5.41, 5.74) is 0.848. The van der Waals surface area contributed by atoms with Crippen molar-refractivity contribution in [2.45, 2.75) is 13.5 Å². The Labute approximate surface area is 178 Å². The fraction of sp³-hybridized carbons (Fsp3) is 0.0952. The minimum atomic E-state index is -0.618. The molecule has 4 rings (SSSR count). The van der Waals surface area contributed by atoms with E-state index in [1.54, 1.807) is 36.6 Å². The molecule has 0 bridgehead atoms. The number of carbonyl (C=O) groups excluding carboxylic acids is 1. The molecular weight excluding hydrogens is 429 g/mol. The Kier molecular flexibility index (Phi) is 5.27. The van der Waals surface area contributed by atoms with Gasteiger partial charge in [-0.25, -0.2) is 13.8 Å². The number of fused-ring (bicyclic) bond motifs is 1. The van der Waals surface area contributed by atoms with E-state index >= 15 is 0 Å². The second-order valence-corrected chi connectivity index (χ2v) is 7.93. The SMILES string of the molecule is Cc1ccccc1-n1c(=O)c2sccc2n(CC(=O)Nc2ccc(F)c(Cl)c2)c1=O. The van der Waals surface area contributed by atoms with Crippen LogP contribution in [0.5, 0.6) is 0 Å². The third-order valence-corrected chi connectivity index (χ3v) is 5.80. The van der Waals surface area contributed by atoms with Crippen molar-refractivity contribution in [1.82, 2.24) is 9.13 Å². The summed E-state index contributed by atoms with van der Waals surface area (Å²) in [5.74, 6) is -1.11. The van der Waals surface area contributed by atoms with E-state index in [0.29, 0.717) is 21.6 Å². The molecule has 2 aromatic heterocycles. The number of benzene rings is 2. The first-order valence-corrected chi connectivity index (χ1v) is 10.2. The molecule has 1 N–H and O–H groups in total. The van der Waals surface area contributed by atoms with E-state index in [-0.39, 0.29) is 11.6 Å². The van der Waals surface area contributed by atoms with Gasteiger partial charge in [-0.3, -0.25) is 14.2 Å². The molecule has 4 aromatic rings. The lowest BCUT2D eigenvalue weighted by Crippen LogP contribution is -2.40. The predicted molar refractivity (Wildman–Crippen MR) is 116 cm³/mol. The second kappa shape index (κ2) is 7.89. The molecule has 30 heavy (non-hydrogen) atoms. The van der Waals surface area contributed by atoms with E-state index in [1.807, 2.05) is 6.07 Å². The van der Waals surface area contributed by atoms with Crippen LogP contribution in [0.1, 0.15) is 5.56 Å². The third kappa shape index (κ3) is 3.55. The molecule has 1 amide bonds. The summed E-state index contributed by atoms with van der Waals surface area (Å²) in [6, 6.07) is 12.5. The van der Waals surface area contributed by atoms with E-state index in [9.17, 15) is 18.8 Å². The zero-order valence-electron chi connectivity index (χ0n) is 15.7. The highest BCUT2D eigenvalue weighted by atomic mass is 35.5. The number of para-hydroxylation sites is 1. The molecule has 0 saturated heterocycles. The maximum absolute atomic E-state index is 13.3. The highest BCUT2D eigenvalue weighted by molar-refractivity contribution is 7.17. The summed E-state index contributed by atoms with van der Waals surface area (Å²) in [4.78, 5) is 38.8. The van der Waals surface area contributed by atoms with Crippen molar-refractivity contribution in [2.24, 2.45) is 0 Å². The van der Waals surface area contributed by atoms with Crippen LogP contribution in [0.2, 0.25) is 5.02 Å². The number of nitrogens with zero attached hydrogens (tertiary/aromatic N) is 2. The normalized spacial score (nSPS) is 11.0. The smallest absolute Gasteiger partial charge is 0.324 e. The van der Waals surface area contributed by atoms with Crippen molar-refractivity contribution in [3.63, 3.8) is 0 Å². The predicted octanol–water partition coefficient (Wildman–Crippen LogP) is 3.95. The average molecular weight is 444 g/mol. The van der Waals surface area contributed by atoms with Crippen molar-refractivity contribution in [1.29, 1.82) is 0 Å². The van der Waals surface area contributed by atoms with Crippen molar-refractivity contribution in [3.05, 3.63) is 91.2 Å². The van der Waals surface area contributed by atoms with Gasteiger partial charge in [-0.05, 0) is 48.2 Å². The monoisotopic (exact) mass is 443 g/mol. The second-order valence-electron chi connectivity index (χ2n) is 6.61. The van der Waals surface area contributed by atoms with Gasteiger partial charge in [0.2, 0.25) is 5.91 Å². The van der Waals surface area contributed by atoms with Crippen LogP contribution in [0.15, 0.2) is 63.5 Å². The lowest BCUT2D eigenvalue weighted by Gasteiger charge is -2.14. The number of nitrogens with one attached hydrogen (secondary N) is 1. The van der Waals surface area contributed by atoms with E-state index in [0.717, 1.165) is 16.2 Å². The third-order valence-electron chi connectivity index (χ3n) is 4.62. The van der Waals surface area contributed by atoms with Gasteiger partial charge in [0.15, 0.2) is 0 Å². The summed E-state index contributed by atoms with van der Waals surface area (Å²) in [5, 5.41) is 4.16. The summed E-state index contributed by atoms with van der Waals surface area (Å²) >= 11 is 6.95. The van der Waals surface area contributed by atoms with Crippen molar-refractivity contribution in [3.8, 4) is 5.69 Å². The first-order valence-electron chi connectivity index (χ1n) is 8.91. The van der Waals surface area contributed by atoms with E-state index in [1.165, 1.54) is 28.0 Å². The number of halogens is 2. The van der Waals surface area contributed by atoms with Crippen LogP contribution in [-0.2, 0) is 11.3 Å². The number of anilines is 1. The Morgan fingerprint density at radius 3 is 2.67 bits per heavy atom. The van der Waals surface area contributed by atoms with Crippen LogP contribution >= 0.6 is 22.9 Å². The van der Waals surface area contributed by atoms with Crippen LogP contribution in [0.25, 0.3) is 15.9 Å². The molecule has 0 unspecified atom stereocenters. The van der Waals surface area contributed by atoms with Gasteiger partial charge in [-0.1, -0.05) is 29.8 Å². The van der Waals surface area contributed by atoms with Crippen LogP contribution in [0.4, 0.5) is 10.1 Å². The summed E-state index contributed by atoms with van der Waals surface area (Å²) in [7, 11) is 0. The maximum Gasteiger partial charge on any atom is 0.336 e. The highest BCUT2D eigenvalue weighted by Gasteiger charge is 2.18. The van der Waals surface area contributed by atoms with E-state index in [2.05, 4.69) is 5.32 Å². The van der Waals surface area contributed by atoms with Gasteiger partial charge in [0.05, 0.1) is 16.2 Å². The van der Waals surface area contributed by atoms with Gasteiger partial charge in [-0.2, -0.15) is 0 Å².